The molecule has 1 aliphatic heterocycles. The number of carbonyl (C=O) groups excluding carboxylic acids is 1. The van der Waals surface area contributed by atoms with E-state index < -0.39 is 21.7 Å². The van der Waals surface area contributed by atoms with Crippen LogP contribution in [0.25, 0.3) is 4.72 Å². The van der Waals surface area contributed by atoms with Crippen LogP contribution in [-0.2, 0) is 29.6 Å². The number of hydrogen-bond acceptors (Lipinski definition) is 5. The zero-order valence-electron chi connectivity index (χ0n) is 19.8. The zero-order valence-corrected chi connectivity index (χ0v) is 24.1. The normalized spacial score (nSPS) is 12.9. The second kappa shape index (κ2) is 12.2. The van der Waals surface area contributed by atoms with Gasteiger partial charge in [0.1, 0.15) is 18.2 Å². The van der Waals surface area contributed by atoms with Crippen LogP contribution < -0.4 is 39.2 Å². The largest absolute Gasteiger partial charge is 1.00 e. The molecule has 6 nitrogen and oxygen atoms in total. The third kappa shape index (κ3) is 7.15. The first-order valence-electron chi connectivity index (χ1n) is 10.8. The minimum atomic E-state index is -3.81. The zero-order chi connectivity index (χ0) is 25.2. The number of carbonyl (C=O) groups is 1. The SMILES string of the molecule is CS(=O)(=O)[N-]C(=O)c1cccc2c1CCCN2Cc1cc(Cl)ccc1OCc1ccc(Cl)cc1F.[Na+]. The van der Waals surface area contributed by atoms with Gasteiger partial charge in [-0.25, -0.2) is 12.8 Å². The van der Waals surface area contributed by atoms with E-state index in [1.54, 1.807) is 42.5 Å². The summed E-state index contributed by atoms with van der Waals surface area (Å²) in [7, 11) is -3.81. The molecule has 0 bridgehead atoms. The number of halogens is 3. The molecule has 1 heterocycles. The number of benzene rings is 3. The average molecular weight is 559 g/mol. The molecule has 3 aromatic carbocycles. The Hall–Kier alpha value is -1.81. The van der Waals surface area contributed by atoms with Crippen molar-refractivity contribution >= 4 is 44.8 Å². The molecule has 0 fully saturated rings. The molecule has 0 N–H and O–H groups in total. The predicted molar refractivity (Wildman–Crippen MR) is 136 cm³/mol. The second-order valence-corrected chi connectivity index (χ2v) is 10.8. The molecule has 0 saturated heterocycles. The molecular formula is C25H22Cl2FN2NaO4S. The van der Waals surface area contributed by atoms with E-state index in [-0.39, 0.29) is 41.7 Å². The van der Waals surface area contributed by atoms with Crippen molar-refractivity contribution in [3.05, 3.63) is 97.4 Å². The molecule has 0 spiro atoms. The van der Waals surface area contributed by atoms with Gasteiger partial charge in [-0.05, 0) is 54.8 Å². The number of amides is 1. The van der Waals surface area contributed by atoms with Crippen LogP contribution in [0.1, 0.15) is 33.5 Å². The van der Waals surface area contributed by atoms with E-state index in [0.29, 0.717) is 40.9 Å². The quantitative estimate of drug-likeness (QED) is 0.416. The van der Waals surface area contributed by atoms with E-state index in [1.807, 2.05) is 6.07 Å². The van der Waals surface area contributed by atoms with Crippen LogP contribution >= 0.6 is 23.2 Å². The number of rotatable bonds is 7. The number of sulfonamides is 1. The van der Waals surface area contributed by atoms with E-state index in [9.17, 15) is 17.6 Å². The molecule has 1 amide bonds. The molecule has 0 saturated carbocycles. The van der Waals surface area contributed by atoms with Gasteiger partial charge in [0.2, 0.25) is 0 Å². The third-order valence-corrected chi connectivity index (χ3v) is 6.58. The topological polar surface area (TPSA) is 77.8 Å². The van der Waals surface area contributed by atoms with E-state index in [1.165, 1.54) is 6.07 Å². The van der Waals surface area contributed by atoms with Crippen LogP contribution in [0.5, 0.6) is 5.75 Å². The maximum Gasteiger partial charge on any atom is 1.00 e. The summed E-state index contributed by atoms with van der Waals surface area (Å²) < 4.78 is 46.5. The van der Waals surface area contributed by atoms with Gasteiger partial charge >= 0.3 is 29.6 Å². The van der Waals surface area contributed by atoms with Crippen LogP contribution in [0.2, 0.25) is 10.0 Å². The van der Waals surface area contributed by atoms with Crippen LogP contribution in [0.4, 0.5) is 10.1 Å². The summed E-state index contributed by atoms with van der Waals surface area (Å²) in [5.74, 6) is -0.673. The smallest absolute Gasteiger partial charge is 0.542 e. The molecule has 36 heavy (non-hydrogen) atoms. The van der Waals surface area contributed by atoms with Crippen LogP contribution in [0, 0.1) is 5.82 Å². The van der Waals surface area contributed by atoms with Gasteiger partial charge in [-0.15, -0.1) is 0 Å². The summed E-state index contributed by atoms with van der Waals surface area (Å²) in [4.78, 5) is 14.6. The van der Waals surface area contributed by atoms with Crippen molar-refractivity contribution in [1.29, 1.82) is 0 Å². The summed E-state index contributed by atoms with van der Waals surface area (Å²) in [6.07, 6.45) is 2.29. The minimum Gasteiger partial charge on any atom is -0.542 e. The molecule has 11 heteroatoms. The molecule has 0 unspecified atom stereocenters. The van der Waals surface area contributed by atoms with Crippen molar-refractivity contribution in [1.82, 2.24) is 0 Å². The Balaban J connectivity index is 0.00000361. The van der Waals surface area contributed by atoms with Gasteiger partial charge in [-0.2, -0.15) is 0 Å². The molecule has 184 valence electrons. The summed E-state index contributed by atoms with van der Waals surface area (Å²) >= 11 is 12.1. The fourth-order valence-corrected chi connectivity index (χ4v) is 4.83. The van der Waals surface area contributed by atoms with Gasteiger partial charge in [0.05, 0.1) is 15.9 Å². The first-order valence-corrected chi connectivity index (χ1v) is 13.4. The first kappa shape index (κ1) is 28.8. The minimum absolute atomic E-state index is 0. The number of nitrogens with zero attached hydrogens (tertiary/aromatic N) is 2. The third-order valence-electron chi connectivity index (χ3n) is 5.61. The van der Waals surface area contributed by atoms with E-state index in [2.05, 4.69) is 9.62 Å². The molecule has 0 aliphatic carbocycles. The Morgan fingerprint density at radius 3 is 2.53 bits per heavy atom. The summed E-state index contributed by atoms with van der Waals surface area (Å²) in [6.45, 7) is 1.15. The first-order chi connectivity index (χ1) is 16.6. The molecular weight excluding hydrogens is 537 g/mol. The molecule has 1 aliphatic rings. The van der Waals surface area contributed by atoms with Crippen LogP contribution in [0.15, 0.2) is 54.6 Å². The van der Waals surface area contributed by atoms with E-state index in [0.717, 1.165) is 29.5 Å². The molecule has 4 rings (SSSR count). The van der Waals surface area contributed by atoms with Crippen molar-refractivity contribution < 1.29 is 51.9 Å². The summed E-state index contributed by atoms with van der Waals surface area (Å²) in [5, 5.41) is 0.836. The Morgan fingerprint density at radius 2 is 1.81 bits per heavy atom. The second-order valence-electron chi connectivity index (χ2n) is 8.23. The Kier molecular flexibility index (Phi) is 9.71. The van der Waals surface area contributed by atoms with Crippen molar-refractivity contribution in [2.24, 2.45) is 0 Å². The molecule has 3 aromatic rings. The van der Waals surface area contributed by atoms with Gasteiger partial charge in [-0.3, -0.25) is 0 Å². The Bertz CT molecular complexity index is 1390. The monoisotopic (exact) mass is 558 g/mol. The van der Waals surface area contributed by atoms with Crippen molar-refractivity contribution in [2.45, 2.75) is 26.0 Å². The Morgan fingerprint density at radius 1 is 1.08 bits per heavy atom. The van der Waals surface area contributed by atoms with Gasteiger partial charge in [-0.1, -0.05) is 41.4 Å². The van der Waals surface area contributed by atoms with Gasteiger partial charge < -0.3 is 19.2 Å². The van der Waals surface area contributed by atoms with Gasteiger partial charge in [0.15, 0.2) is 0 Å². The van der Waals surface area contributed by atoms with Crippen molar-refractivity contribution in [3.63, 3.8) is 0 Å². The van der Waals surface area contributed by atoms with E-state index >= 15 is 0 Å². The maximum absolute atomic E-state index is 14.2. The van der Waals surface area contributed by atoms with Gasteiger partial charge in [0, 0.05) is 51.8 Å². The van der Waals surface area contributed by atoms with Gasteiger partial charge in [0.25, 0.3) is 0 Å². The number of anilines is 1. The van der Waals surface area contributed by atoms with Crippen molar-refractivity contribution in [2.75, 3.05) is 17.7 Å². The Labute approximate surface area is 242 Å². The van der Waals surface area contributed by atoms with Crippen LogP contribution in [-0.4, -0.2) is 27.1 Å². The van der Waals surface area contributed by atoms with E-state index in [4.69, 9.17) is 27.9 Å². The number of ether oxygens (including phenoxy) is 1. The predicted octanol–water partition coefficient (Wildman–Crippen LogP) is 3.14. The molecule has 0 radical (unpaired) electrons. The summed E-state index contributed by atoms with van der Waals surface area (Å²) in [5.41, 5.74) is 3.01. The van der Waals surface area contributed by atoms with Crippen LogP contribution in [0.3, 0.4) is 0 Å². The molecule has 0 atom stereocenters. The number of fused-ring (bicyclic) bond motifs is 1. The maximum atomic E-state index is 14.2. The molecule has 0 aromatic heterocycles. The van der Waals surface area contributed by atoms with Crippen molar-refractivity contribution in [3.8, 4) is 5.75 Å². The fraction of sp³-hybridized carbons (Fsp3) is 0.240. The number of hydrogen-bond donors (Lipinski definition) is 0. The fourth-order valence-electron chi connectivity index (χ4n) is 4.08. The average Bonchev–Trinajstić information content (AvgIpc) is 2.78. The standard InChI is InChI=1S/C25H23Cl2FN2O4S.Na/c1-35(32,33)29-25(31)21-4-2-6-23-20(21)5-3-11-30(23)14-17-12-18(26)9-10-24(17)34-15-16-7-8-19(27)13-22(16)28;/h2,4,6-10,12-13H,3,5,11,14-15H2,1H3,(H,29,31);/q;+1/p-1. The summed E-state index contributed by atoms with van der Waals surface area (Å²) in [6, 6.07) is 14.8.